The average molecular weight is 1040 g/mol. The van der Waals surface area contributed by atoms with Crippen LogP contribution in [0.3, 0.4) is 0 Å². The fourth-order valence-electron chi connectivity index (χ4n) is 7.12. The highest BCUT2D eigenvalue weighted by Crippen LogP contribution is 2.19. The van der Waals surface area contributed by atoms with Crippen LogP contribution >= 0.6 is 25.3 Å². The van der Waals surface area contributed by atoms with Crippen molar-refractivity contribution >= 4 is 72.5 Å². The Balaban J connectivity index is 1.93. The van der Waals surface area contributed by atoms with Crippen LogP contribution in [0.5, 0.6) is 11.5 Å². The Morgan fingerprint density at radius 2 is 0.972 bits per heavy atom. The third kappa shape index (κ3) is 19.3. The summed E-state index contributed by atoms with van der Waals surface area (Å²) < 4.78 is -1.34. The normalized spacial score (nSPS) is 15.5. The minimum absolute atomic E-state index is 0.0472. The largest absolute Gasteiger partial charge is 0.508 e. The van der Waals surface area contributed by atoms with Crippen molar-refractivity contribution in [1.82, 2.24) is 37.2 Å². The number of amides is 8. The quantitative estimate of drug-likeness (QED) is 0.0334. The Kier molecular flexibility index (Phi) is 23.7. The number of nitrogens with one attached hydrogen (secondary N) is 7. The highest BCUT2D eigenvalue weighted by molar-refractivity contribution is 7.81. The number of aliphatic hydroxyl groups is 2. The van der Waals surface area contributed by atoms with Gasteiger partial charge in [-0.25, -0.2) is 0 Å². The molecule has 0 heterocycles. The highest BCUT2D eigenvalue weighted by Gasteiger charge is 2.40. The molecule has 0 fully saturated rings. The van der Waals surface area contributed by atoms with E-state index in [-0.39, 0.29) is 55.9 Å². The van der Waals surface area contributed by atoms with Crippen molar-refractivity contribution in [1.29, 1.82) is 0 Å². The van der Waals surface area contributed by atoms with E-state index >= 15 is 0 Å². The van der Waals surface area contributed by atoms with Gasteiger partial charge in [0.25, 0.3) is 0 Å². The molecule has 3 aromatic rings. The zero-order valence-electron chi connectivity index (χ0n) is 40.4. The molecule has 10 atom stereocenters. The molecule has 0 saturated heterocycles. The Bertz CT molecular complexity index is 2300. The lowest BCUT2D eigenvalue weighted by Gasteiger charge is -2.33. The van der Waals surface area contributed by atoms with Gasteiger partial charge in [-0.15, -0.1) is 0 Å². The molecule has 3 rings (SSSR count). The third-order valence-electron chi connectivity index (χ3n) is 11.2. The number of hydrogen-bond acceptors (Lipinski definition) is 16. The molecule has 0 aromatic heterocycles. The van der Waals surface area contributed by atoms with E-state index in [1.165, 1.54) is 76.2 Å². The van der Waals surface area contributed by atoms with Gasteiger partial charge in [-0.2, -0.15) is 25.3 Å². The molecule has 0 saturated carbocycles. The van der Waals surface area contributed by atoms with Crippen LogP contribution < -0.4 is 54.4 Å². The summed E-state index contributed by atoms with van der Waals surface area (Å²) in [5.74, 6) is -7.77. The van der Waals surface area contributed by atoms with Gasteiger partial charge in [0, 0.05) is 23.3 Å². The number of phenols is 2. The van der Waals surface area contributed by atoms with Crippen molar-refractivity contribution in [2.75, 3.05) is 12.3 Å². The second kappa shape index (κ2) is 28.6. The third-order valence-corrected chi connectivity index (χ3v) is 11.8. The first kappa shape index (κ1) is 59.9. The Morgan fingerprint density at radius 1 is 0.556 bits per heavy atom. The number of benzene rings is 3. The van der Waals surface area contributed by atoms with Gasteiger partial charge in [-0.05, 0) is 94.5 Å². The number of nitrogens with two attached hydrogens (primary N) is 3. The molecule has 0 aliphatic rings. The molecule has 0 radical (unpaired) electrons. The molecule has 24 heteroatoms. The first-order valence-corrected chi connectivity index (χ1v) is 24.1. The van der Waals surface area contributed by atoms with Crippen molar-refractivity contribution < 1.29 is 58.8 Å². The highest BCUT2D eigenvalue weighted by atomic mass is 32.1. The number of hydrogen-bond donors (Lipinski definition) is 16. The summed E-state index contributed by atoms with van der Waals surface area (Å²) in [6, 6.07) is 8.86. The minimum Gasteiger partial charge on any atom is -0.508 e. The summed E-state index contributed by atoms with van der Waals surface area (Å²) in [5, 5.41) is 58.2. The lowest BCUT2D eigenvalue weighted by molar-refractivity contribution is -0.137. The van der Waals surface area contributed by atoms with E-state index in [0.29, 0.717) is 11.1 Å². The number of rotatable bonds is 28. The maximum atomic E-state index is 14.4. The molecule has 0 aliphatic carbocycles. The van der Waals surface area contributed by atoms with E-state index in [1.807, 2.05) is 6.07 Å². The average Bonchev–Trinajstić information content (AvgIpc) is 3.32. The van der Waals surface area contributed by atoms with Gasteiger partial charge in [-0.1, -0.05) is 54.6 Å². The van der Waals surface area contributed by atoms with Crippen molar-refractivity contribution in [2.45, 2.75) is 125 Å². The zero-order valence-corrected chi connectivity index (χ0v) is 42.2. The van der Waals surface area contributed by atoms with Gasteiger partial charge < -0.3 is 74.8 Å². The molecule has 8 amide bonds. The molecular weight excluding hydrogens is 973 g/mol. The summed E-state index contributed by atoms with van der Waals surface area (Å²) in [5.41, 5.74) is 19.0. The van der Waals surface area contributed by atoms with Crippen LogP contribution in [0.15, 0.2) is 78.9 Å². The summed E-state index contributed by atoms with van der Waals surface area (Å²) in [7, 11) is 0. The van der Waals surface area contributed by atoms with E-state index in [4.69, 9.17) is 17.2 Å². The lowest BCUT2D eigenvalue weighted by Crippen LogP contribution is -2.64. The summed E-state index contributed by atoms with van der Waals surface area (Å²) in [4.78, 5) is 109. The Labute approximate surface area is 428 Å². The van der Waals surface area contributed by atoms with Crippen LogP contribution in [-0.4, -0.2) is 145 Å². The number of phenolic OH excluding ortho intramolecular Hbond substituents is 2. The summed E-state index contributed by atoms with van der Waals surface area (Å²) in [6.07, 6.45) is -3.23. The monoisotopic (exact) mass is 1040 g/mol. The molecule has 0 spiro atoms. The van der Waals surface area contributed by atoms with Gasteiger partial charge in [0.05, 0.1) is 18.2 Å². The molecule has 0 aliphatic heterocycles. The topological polar surface area (TPSA) is 380 Å². The predicted octanol–water partition coefficient (Wildman–Crippen LogP) is -2.53. The number of primary amides is 1. The fraction of sp³-hybridized carbons (Fsp3) is 0.458. The second-order valence-electron chi connectivity index (χ2n) is 17.8. The summed E-state index contributed by atoms with van der Waals surface area (Å²) >= 11 is 8.68. The number of carbonyl (C=O) groups is 8. The molecule has 3 aromatic carbocycles. The van der Waals surface area contributed by atoms with Crippen molar-refractivity contribution in [3.63, 3.8) is 0 Å². The maximum absolute atomic E-state index is 14.4. The van der Waals surface area contributed by atoms with Crippen molar-refractivity contribution in [3.05, 3.63) is 95.6 Å². The molecule has 394 valence electrons. The number of aliphatic hydroxyl groups excluding tert-OH is 2. The maximum Gasteiger partial charge on any atom is 0.245 e. The first-order valence-electron chi connectivity index (χ1n) is 23.0. The van der Waals surface area contributed by atoms with Gasteiger partial charge >= 0.3 is 0 Å². The zero-order chi connectivity index (χ0) is 53.9. The molecule has 72 heavy (non-hydrogen) atoms. The lowest BCUT2D eigenvalue weighted by atomic mass is 9.99. The van der Waals surface area contributed by atoms with Crippen LogP contribution in [0, 0.1) is 0 Å². The summed E-state index contributed by atoms with van der Waals surface area (Å²) in [6.45, 7) is 5.35. The first-order chi connectivity index (χ1) is 33.8. The van der Waals surface area contributed by atoms with Crippen molar-refractivity contribution in [3.8, 4) is 11.5 Å². The van der Waals surface area contributed by atoms with Crippen LogP contribution in [-0.2, 0) is 57.6 Å². The van der Waals surface area contributed by atoms with Gasteiger partial charge in [0.1, 0.15) is 53.8 Å². The molecular formula is C48H68N10O12S2. The van der Waals surface area contributed by atoms with E-state index in [2.05, 4.69) is 62.5 Å². The smallest absolute Gasteiger partial charge is 0.245 e. The molecule has 0 unspecified atom stereocenters. The number of thiol groups is 2. The van der Waals surface area contributed by atoms with E-state index < -0.39 is 113 Å². The van der Waals surface area contributed by atoms with Crippen molar-refractivity contribution in [2.24, 2.45) is 17.2 Å². The van der Waals surface area contributed by atoms with Gasteiger partial charge in [0.15, 0.2) is 0 Å². The predicted molar refractivity (Wildman–Crippen MR) is 273 cm³/mol. The minimum atomic E-state index is -1.76. The standard InChI is InChI=1S/C48H68N10O12S2/c1-25(59)37(40(51)63)56-47(70)39(48(3,4)72)58-46(69)38(26(2)60)57-42(65)33(11-8-20-49)52-43(66)34(22-28-12-16-30(61)17-13-28)53-44(67)35(23-29-14-18-31(62)19-15-29)54-45(68)36(24-71)55-41(64)32(50)21-27-9-6-5-7-10-27/h5-7,9-10,12-19,25-26,32-39,59-62,71-72H,8,11,20-24,49-50H2,1-4H3,(H2,51,63)(H,52,66)(H,53,67)(H,54,68)(H,55,64)(H,56,70)(H,57,65)(H,58,69)/t25-,26-,32-,33+,34-,35+,36+,37+,38+,39-/m1/s1. The number of aromatic hydroxyl groups is 2. The van der Waals surface area contributed by atoms with Gasteiger partial charge in [-0.3, -0.25) is 38.4 Å². The SMILES string of the molecule is C[C@@H](O)[C@H](NC(=O)[C@@H](NC(=O)[C@@H](NC(=O)[C@H](CCCN)NC(=O)[C@@H](Cc1ccc(O)cc1)NC(=O)[C@H](Cc1ccc(O)cc1)NC(=O)[C@H](CS)NC(=O)[C@H](N)Cc1ccccc1)[C@@H](C)O)C(C)(C)S)C(N)=O. The Morgan fingerprint density at radius 3 is 1.40 bits per heavy atom. The van der Waals surface area contributed by atoms with Crippen LogP contribution in [0.1, 0.15) is 57.2 Å². The van der Waals surface area contributed by atoms with Crippen LogP contribution in [0.25, 0.3) is 0 Å². The van der Waals surface area contributed by atoms with E-state index in [1.54, 1.807) is 24.3 Å². The molecule has 22 nitrogen and oxygen atoms in total. The Hall–Kier alpha value is -6.44. The van der Waals surface area contributed by atoms with Gasteiger partial charge in [0.2, 0.25) is 47.3 Å². The van der Waals surface area contributed by atoms with E-state index in [9.17, 15) is 58.8 Å². The molecule has 17 N–H and O–H groups in total. The van der Waals surface area contributed by atoms with E-state index in [0.717, 1.165) is 5.56 Å². The number of carbonyl (C=O) groups excluding carboxylic acids is 8. The second-order valence-corrected chi connectivity index (χ2v) is 19.4. The van der Waals surface area contributed by atoms with Crippen LogP contribution in [0.4, 0.5) is 0 Å². The molecule has 0 bridgehead atoms. The fourth-order valence-corrected chi connectivity index (χ4v) is 7.55. The van der Waals surface area contributed by atoms with Crippen LogP contribution in [0.2, 0.25) is 0 Å².